The van der Waals surface area contributed by atoms with Crippen LogP contribution in [0.15, 0.2) is 0 Å². The Labute approximate surface area is 88.4 Å². The zero-order chi connectivity index (χ0) is 11.4. The third-order valence-electron chi connectivity index (χ3n) is 2.59. The largest absolute Gasteiger partial charge is 0.462 e. The van der Waals surface area contributed by atoms with E-state index in [2.05, 4.69) is 0 Å². The Morgan fingerprint density at radius 3 is 2.93 bits per heavy atom. The first-order valence-corrected chi connectivity index (χ1v) is 5.08. The summed E-state index contributed by atoms with van der Waals surface area (Å²) in [6, 6.07) is 0. The molecule has 0 bridgehead atoms. The molecule has 5 heteroatoms. The van der Waals surface area contributed by atoms with E-state index in [0.29, 0.717) is 6.42 Å². The summed E-state index contributed by atoms with van der Waals surface area (Å²) in [6.45, 7) is 3.50. The fraction of sp³-hybridized carbons (Fsp3) is 0.800. The lowest BCUT2D eigenvalue weighted by Gasteiger charge is -2.16. The van der Waals surface area contributed by atoms with Gasteiger partial charge in [-0.3, -0.25) is 4.79 Å². The summed E-state index contributed by atoms with van der Waals surface area (Å²) in [5, 5.41) is 8.94. The molecule has 0 radical (unpaired) electrons. The highest BCUT2D eigenvalue weighted by Gasteiger charge is 2.40. The van der Waals surface area contributed by atoms with E-state index in [1.54, 1.807) is 6.92 Å². The predicted octanol–water partition coefficient (Wildman–Crippen LogP) is 0.110. The molecule has 3 atom stereocenters. The second kappa shape index (κ2) is 5.11. The minimum absolute atomic E-state index is 0.119. The number of ether oxygens (including phenoxy) is 2. The Morgan fingerprint density at radius 2 is 2.40 bits per heavy atom. The van der Waals surface area contributed by atoms with Gasteiger partial charge in [0.2, 0.25) is 6.10 Å². The van der Waals surface area contributed by atoms with Gasteiger partial charge in [-0.15, -0.1) is 0 Å². The summed E-state index contributed by atoms with van der Waals surface area (Å²) in [7, 11) is 0. The van der Waals surface area contributed by atoms with Gasteiger partial charge in [0.25, 0.3) is 0 Å². The van der Waals surface area contributed by atoms with E-state index in [1.165, 1.54) is 0 Å². The van der Waals surface area contributed by atoms with Crippen molar-refractivity contribution in [3.05, 3.63) is 0 Å². The number of carbonyl (C=O) groups excluding carboxylic acids is 2. The second-order valence-electron chi connectivity index (χ2n) is 3.74. The number of cyclic esters (lactones) is 1. The Morgan fingerprint density at radius 1 is 1.73 bits per heavy atom. The van der Waals surface area contributed by atoms with Gasteiger partial charge in [0.05, 0.1) is 18.4 Å². The first-order valence-electron chi connectivity index (χ1n) is 5.08. The molecule has 5 nitrogen and oxygen atoms in total. The third kappa shape index (κ3) is 2.68. The van der Waals surface area contributed by atoms with E-state index < -0.39 is 24.0 Å². The SMILES string of the molecule is CCC(C)C(=O)OC1C(=O)OCC1CO. The minimum atomic E-state index is -0.934. The lowest BCUT2D eigenvalue weighted by atomic mass is 10.1. The quantitative estimate of drug-likeness (QED) is 0.675. The van der Waals surface area contributed by atoms with Crippen molar-refractivity contribution >= 4 is 11.9 Å². The summed E-state index contributed by atoms with van der Waals surface area (Å²) in [5.74, 6) is -1.64. The normalized spacial score (nSPS) is 27.3. The summed E-state index contributed by atoms with van der Waals surface area (Å²) >= 11 is 0. The van der Waals surface area contributed by atoms with E-state index in [0.717, 1.165) is 0 Å². The van der Waals surface area contributed by atoms with Crippen LogP contribution in [0.25, 0.3) is 0 Å². The number of hydrogen-bond donors (Lipinski definition) is 1. The molecule has 0 aliphatic carbocycles. The maximum atomic E-state index is 11.4. The lowest BCUT2D eigenvalue weighted by molar-refractivity contribution is -0.164. The summed E-state index contributed by atoms with van der Waals surface area (Å²) < 4.78 is 9.71. The smallest absolute Gasteiger partial charge is 0.347 e. The molecule has 1 saturated heterocycles. The van der Waals surface area contributed by atoms with E-state index >= 15 is 0 Å². The number of aliphatic hydroxyl groups is 1. The highest BCUT2D eigenvalue weighted by atomic mass is 16.6. The number of esters is 2. The molecule has 0 aromatic heterocycles. The van der Waals surface area contributed by atoms with Gasteiger partial charge in [0, 0.05) is 0 Å². The molecule has 1 aliphatic rings. The van der Waals surface area contributed by atoms with E-state index in [1.807, 2.05) is 6.92 Å². The van der Waals surface area contributed by atoms with Crippen molar-refractivity contribution in [1.29, 1.82) is 0 Å². The average molecular weight is 216 g/mol. The molecule has 0 saturated carbocycles. The van der Waals surface area contributed by atoms with Crippen molar-refractivity contribution in [1.82, 2.24) is 0 Å². The third-order valence-corrected chi connectivity index (χ3v) is 2.59. The Balaban J connectivity index is 2.55. The molecule has 86 valence electrons. The zero-order valence-electron chi connectivity index (χ0n) is 8.93. The molecule has 0 aromatic carbocycles. The van der Waals surface area contributed by atoms with Gasteiger partial charge >= 0.3 is 11.9 Å². The maximum absolute atomic E-state index is 11.4. The van der Waals surface area contributed by atoms with Crippen LogP contribution in [-0.2, 0) is 19.1 Å². The van der Waals surface area contributed by atoms with Crippen molar-refractivity contribution in [2.24, 2.45) is 11.8 Å². The van der Waals surface area contributed by atoms with Crippen LogP contribution in [0, 0.1) is 11.8 Å². The lowest BCUT2D eigenvalue weighted by Crippen LogP contribution is -2.32. The van der Waals surface area contributed by atoms with Crippen LogP contribution in [0.5, 0.6) is 0 Å². The molecular weight excluding hydrogens is 200 g/mol. The zero-order valence-corrected chi connectivity index (χ0v) is 8.93. The van der Waals surface area contributed by atoms with Crippen molar-refractivity contribution in [2.45, 2.75) is 26.4 Å². The van der Waals surface area contributed by atoms with Crippen molar-refractivity contribution < 1.29 is 24.2 Å². The maximum Gasteiger partial charge on any atom is 0.347 e. The molecule has 3 unspecified atom stereocenters. The molecular formula is C10H16O5. The van der Waals surface area contributed by atoms with Crippen LogP contribution in [0.4, 0.5) is 0 Å². The monoisotopic (exact) mass is 216 g/mol. The molecule has 0 aromatic rings. The molecule has 1 aliphatic heterocycles. The topological polar surface area (TPSA) is 72.8 Å². The van der Waals surface area contributed by atoms with Crippen LogP contribution in [0.2, 0.25) is 0 Å². The van der Waals surface area contributed by atoms with Gasteiger partial charge in [0.1, 0.15) is 6.61 Å². The van der Waals surface area contributed by atoms with Crippen LogP contribution >= 0.6 is 0 Å². The summed E-state index contributed by atoms with van der Waals surface area (Å²) in [5.41, 5.74) is 0. The van der Waals surface area contributed by atoms with Gasteiger partial charge in [-0.1, -0.05) is 13.8 Å². The standard InChI is InChI=1S/C10H16O5/c1-3-6(2)9(12)15-8-7(4-11)5-14-10(8)13/h6-8,11H,3-5H2,1-2H3. The number of rotatable bonds is 4. The summed E-state index contributed by atoms with van der Waals surface area (Å²) in [4.78, 5) is 22.6. The number of hydrogen-bond acceptors (Lipinski definition) is 5. The van der Waals surface area contributed by atoms with E-state index in [9.17, 15) is 9.59 Å². The van der Waals surface area contributed by atoms with Crippen LogP contribution in [0.1, 0.15) is 20.3 Å². The Bertz CT molecular complexity index is 250. The first-order chi connectivity index (χ1) is 7.10. The van der Waals surface area contributed by atoms with Gasteiger partial charge in [-0.25, -0.2) is 4.79 Å². The molecule has 0 amide bonds. The first kappa shape index (κ1) is 12.0. The number of aliphatic hydroxyl groups excluding tert-OH is 1. The highest BCUT2D eigenvalue weighted by Crippen LogP contribution is 2.19. The van der Waals surface area contributed by atoms with Gasteiger partial charge in [-0.2, -0.15) is 0 Å². The van der Waals surface area contributed by atoms with Gasteiger partial charge < -0.3 is 14.6 Å². The molecule has 1 rings (SSSR count). The average Bonchev–Trinajstić information content (AvgIpc) is 2.59. The summed E-state index contributed by atoms with van der Waals surface area (Å²) in [6.07, 6.45) is -0.277. The van der Waals surface area contributed by atoms with Gasteiger partial charge in [-0.05, 0) is 6.42 Å². The second-order valence-corrected chi connectivity index (χ2v) is 3.74. The Hall–Kier alpha value is -1.10. The fourth-order valence-corrected chi connectivity index (χ4v) is 1.25. The van der Waals surface area contributed by atoms with Crippen LogP contribution in [0.3, 0.4) is 0 Å². The predicted molar refractivity (Wildman–Crippen MR) is 50.9 cm³/mol. The van der Waals surface area contributed by atoms with E-state index in [-0.39, 0.29) is 19.1 Å². The molecule has 0 spiro atoms. The minimum Gasteiger partial charge on any atom is -0.462 e. The molecule has 1 heterocycles. The Kier molecular flexibility index (Phi) is 4.08. The fourth-order valence-electron chi connectivity index (χ4n) is 1.25. The highest BCUT2D eigenvalue weighted by molar-refractivity contribution is 5.81. The molecule has 15 heavy (non-hydrogen) atoms. The van der Waals surface area contributed by atoms with Crippen LogP contribution < -0.4 is 0 Å². The van der Waals surface area contributed by atoms with E-state index in [4.69, 9.17) is 14.6 Å². The van der Waals surface area contributed by atoms with Crippen molar-refractivity contribution in [2.75, 3.05) is 13.2 Å². The van der Waals surface area contributed by atoms with Crippen molar-refractivity contribution in [3.63, 3.8) is 0 Å². The van der Waals surface area contributed by atoms with Gasteiger partial charge in [0.15, 0.2) is 0 Å². The molecule has 1 N–H and O–H groups in total. The van der Waals surface area contributed by atoms with Crippen LogP contribution in [-0.4, -0.2) is 36.4 Å². The van der Waals surface area contributed by atoms with Crippen molar-refractivity contribution in [3.8, 4) is 0 Å². The number of carbonyl (C=O) groups is 2. The molecule has 1 fully saturated rings.